The van der Waals surface area contributed by atoms with Gasteiger partial charge in [0.25, 0.3) is 0 Å². The van der Waals surface area contributed by atoms with Crippen LogP contribution in [0.3, 0.4) is 0 Å². The highest BCUT2D eigenvalue weighted by molar-refractivity contribution is 5.10. The van der Waals surface area contributed by atoms with Crippen LogP contribution in [0.5, 0.6) is 0 Å². The molecule has 0 bridgehead atoms. The first-order valence-corrected chi connectivity index (χ1v) is 6.80. The summed E-state index contributed by atoms with van der Waals surface area (Å²) in [5, 5.41) is 9.78. The number of hydrogen-bond donors (Lipinski definition) is 1. The molecule has 0 aliphatic heterocycles. The van der Waals surface area contributed by atoms with E-state index < -0.39 is 0 Å². The predicted molar refractivity (Wildman–Crippen MR) is 73.3 cm³/mol. The van der Waals surface area contributed by atoms with E-state index in [2.05, 4.69) is 29.9 Å². The lowest BCUT2D eigenvalue weighted by molar-refractivity contribution is 0.0448. The first-order valence-electron chi connectivity index (χ1n) is 6.80. The zero-order valence-electron chi connectivity index (χ0n) is 11.7. The second-order valence-corrected chi connectivity index (χ2v) is 5.86. The number of rotatable bonds is 4. The van der Waals surface area contributed by atoms with Gasteiger partial charge in [-0.25, -0.2) is 0 Å². The molecule has 3 nitrogen and oxygen atoms in total. The molecule has 1 saturated carbocycles. The van der Waals surface area contributed by atoms with Crippen LogP contribution in [0.4, 0.5) is 0 Å². The minimum atomic E-state index is -0.0369. The van der Waals surface area contributed by atoms with Gasteiger partial charge in [0.05, 0.1) is 12.3 Å². The molecule has 0 spiro atoms. The predicted octanol–water partition coefficient (Wildman–Crippen LogP) is 2.37. The highest BCUT2D eigenvalue weighted by atomic mass is 16.3. The lowest BCUT2D eigenvalue weighted by Crippen LogP contribution is -2.47. The molecule has 1 aromatic heterocycles. The molecule has 0 radical (unpaired) electrons. The molecule has 2 rings (SSSR count). The monoisotopic (exact) mass is 248 g/mol. The van der Waals surface area contributed by atoms with E-state index in [1.165, 1.54) is 6.42 Å². The van der Waals surface area contributed by atoms with Gasteiger partial charge in [0.15, 0.2) is 0 Å². The molecular weight excluding hydrogens is 224 g/mol. The number of pyridine rings is 1. The Morgan fingerprint density at radius 2 is 2.28 bits per heavy atom. The summed E-state index contributed by atoms with van der Waals surface area (Å²) in [6, 6.07) is 6.13. The van der Waals surface area contributed by atoms with Crippen LogP contribution in [0.1, 0.15) is 37.6 Å². The molecule has 0 saturated heterocycles. The van der Waals surface area contributed by atoms with E-state index in [0.29, 0.717) is 5.92 Å². The van der Waals surface area contributed by atoms with Crippen molar-refractivity contribution in [3.8, 4) is 0 Å². The molecule has 0 aromatic carbocycles. The van der Waals surface area contributed by atoms with Crippen molar-refractivity contribution >= 4 is 0 Å². The van der Waals surface area contributed by atoms with Crippen molar-refractivity contribution in [3.05, 3.63) is 29.6 Å². The molecule has 1 aliphatic rings. The van der Waals surface area contributed by atoms with E-state index >= 15 is 0 Å². The van der Waals surface area contributed by atoms with E-state index in [1.54, 1.807) is 0 Å². The van der Waals surface area contributed by atoms with Crippen LogP contribution in [0.15, 0.2) is 18.2 Å². The normalized spacial score (nSPS) is 27.9. The molecule has 0 unspecified atom stereocenters. The standard InChI is InChI=1S/C15H24N2O/c1-12-7-8-15(9-12,11-18)17(3)10-14-6-4-5-13(2)16-14/h4-6,12,18H,7-11H2,1-3H3/t12-,15+/m1/s1. The first kappa shape index (κ1) is 13.5. The lowest BCUT2D eigenvalue weighted by Gasteiger charge is -2.37. The van der Waals surface area contributed by atoms with Crippen molar-refractivity contribution in [1.82, 2.24) is 9.88 Å². The van der Waals surface area contributed by atoms with Crippen LogP contribution < -0.4 is 0 Å². The third-order valence-electron chi connectivity index (χ3n) is 4.28. The van der Waals surface area contributed by atoms with Gasteiger partial charge < -0.3 is 5.11 Å². The van der Waals surface area contributed by atoms with Crippen molar-refractivity contribution in [2.75, 3.05) is 13.7 Å². The number of aliphatic hydroxyl groups is 1. The maximum atomic E-state index is 9.78. The Bertz CT molecular complexity index is 407. The summed E-state index contributed by atoms with van der Waals surface area (Å²) in [7, 11) is 2.11. The Hall–Kier alpha value is -0.930. The SMILES string of the molecule is Cc1cccc(CN(C)[C@@]2(CO)CC[C@@H](C)C2)n1. The van der Waals surface area contributed by atoms with Crippen LogP contribution in [0.2, 0.25) is 0 Å². The van der Waals surface area contributed by atoms with Gasteiger partial charge in [-0.3, -0.25) is 9.88 Å². The summed E-state index contributed by atoms with van der Waals surface area (Å²) in [6.07, 6.45) is 3.39. The molecule has 1 aliphatic carbocycles. The fourth-order valence-corrected chi connectivity index (χ4v) is 3.08. The van der Waals surface area contributed by atoms with Gasteiger partial charge in [-0.15, -0.1) is 0 Å². The molecule has 1 heterocycles. The first-order chi connectivity index (χ1) is 8.55. The number of nitrogens with zero attached hydrogens (tertiary/aromatic N) is 2. The average molecular weight is 248 g/mol. The fraction of sp³-hybridized carbons (Fsp3) is 0.667. The summed E-state index contributed by atoms with van der Waals surface area (Å²) in [5.74, 6) is 0.713. The van der Waals surface area contributed by atoms with Crippen molar-refractivity contribution in [2.45, 2.75) is 45.2 Å². The van der Waals surface area contributed by atoms with E-state index in [9.17, 15) is 5.11 Å². The molecule has 2 atom stereocenters. The Kier molecular flexibility index (Phi) is 4.03. The van der Waals surface area contributed by atoms with Gasteiger partial charge in [-0.1, -0.05) is 13.0 Å². The molecule has 1 aromatic rings. The van der Waals surface area contributed by atoms with E-state index in [1.807, 2.05) is 19.1 Å². The third kappa shape index (κ3) is 2.73. The van der Waals surface area contributed by atoms with Crippen LogP contribution in [-0.4, -0.2) is 34.2 Å². The number of hydrogen-bond acceptors (Lipinski definition) is 3. The second-order valence-electron chi connectivity index (χ2n) is 5.86. The Morgan fingerprint density at radius 1 is 1.50 bits per heavy atom. The zero-order valence-corrected chi connectivity index (χ0v) is 11.7. The van der Waals surface area contributed by atoms with Gasteiger partial charge in [-0.2, -0.15) is 0 Å². The number of aliphatic hydroxyl groups excluding tert-OH is 1. The summed E-state index contributed by atoms with van der Waals surface area (Å²) in [5.41, 5.74) is 2.11. The Balaban J connectivity index is 2.09. The maximum absolute atomic E-state index is 9.78. The van der Waals surface area contributed by atoms with E-state index in [-0.39, 0.29) is 12.1 Å². The Morgan fingerprint density at radius 3 is 2.83 bits per heavy atom. The van der Waals surface area contributed by atoms with Crippen molar-refractivity contribution in [2.24, 2.45) is 5.92 Å². The van der Waals surface area contributed by atoms with Gasteiger partial charge in [0.1, 0.15) is 0 Å². The molecule has 18 heavy (non-hydrogen) atoms. The minimum absolute atomic E-state index is 0.0369. The van der Waals surface area contributed by atoms with Gasteiger partial charge >= 0.3 is 0 Å². The number of likely N-dealkylation sites (N-methyl/N-ethyl adjacent to an activating group) is 1. The molecule has 1 N–H and O–H groups in total. The van der Waals surface area contributed by atoms with E-state index in [4.69, 9.17) is 0 Å². The molecular formula is C15H24N2O. The van der Waals surface area contributed by atoms with Gasteiger partial charge in [-0.05, 0) is 51.3 Å². The van der Waals surface area contributed by atoms with Gasteiger partial charge in [0, 0.05) is 17.8 Å². The molecule has 100 valence electrons. The third-order valence-corrected chi connectivity index (χ3v) is 4.28. The van der Waals surface area contributed by atoms with Crippen molar-refractivity contribution in [3.63, 3.8) is 0 Å². The maximum Gasteiger partial charge on any atom is 0.0615 e. The highest BCUT2D eigenvalue weighted by Crippen LogP contribution is 2.38. The second kappa shape index (κ2) is 5.37. The summed E-state index contributed by atoms with van der Waals surface area (Å²) >= 11 is 0. The topological polar surface area (TPSA) is 36.4 Å². The fourth-order valence-electron chi connectivity index (χ4n) is 3.08. The van der Waals surface area contributed by atoms with Crippen LogP contribution >= 0.6 is 0 Å². The number of aryl methyl sites for hydroxylation is 1. The smallest absolute Gasteiger partial charge is 0.0615 e. The molecule has 3 heteroatoms. The van der Waals surface area contributed by atoms with E-state index in [0.717, 1.165) is 30.8 Å². The minimum Gasteiger partial charge on any atom is -0.394 e. The van der Waals surface area contributed by atoms with Gasteiger partial charge in [0.2, 0.25) is 0 Å². The van der Waals surface area contributed by atoms with Crippen LogP contribution in [-0.2, 0) is 6.54 Å². The zero-order chi connectivity index (χ0) is 13.2. The van der Waals surface area contributed by atoms with Crippen molar-refractivity contribution in [1.29, 1.82) is 0 Å². The van der Waals surface area contributed by atoms with Crippen LogP contribution in [0.25, 0.3) is 0 Å². The summed E-state index contributed by atoms with van der Waals surface area (Å²) in [4.78, 5) is 6.84. The summed E-state index contributed by atoms with van der Waals surface area (Å²) in [6.45, 7) is 5.35. The molecule has 1 fully saturated rings. The highest BCUT2D eigenvalue weighted by Gasteiger charge is 2.40. The Labute approximate surface area is 110 Å². The number of aromatic nitrogens is 1. The lowest BCUT2D eigenvalue weighted by atomic mass is 9.95. The summed E-state index contributed by atoms with van der Waals surface area (Å²) < 4.78 is 0. The van der Waals surface area contributed by atoms with Crippen LogP contribution in [0, 0.1) is 12.8 Å². The quantitative estimate of drug-likeness (QED) is 0.888. The molecule has 0 amide bonds. The average Bonchev–Trinajstić information content (AvgIpc) is 2.72. The van der Waals surface area contributed by atoms with Crippen molar-refractivity contribution < 1.29 is 5.11 Å². The largest absolute Gasteiger partial charge is 0.394 e.